The molecule has 1 aromatic rings. The topological polar surface area (TPSA) is 48.3 Å². The molecule has 0 N–H and O–H groups in total. The van der Waals surface area contributed by atoms with E-state index in [1.165, 1.54) is 25.5 Å². The van der Waals surface area contributed by atoms with Gasteiger partial charge in [-0.05, 0) is 29.9 Å². The molecule has 0 spiro atoms. The van der Waals surface area contributed by atoms with Crippen molar-refractivity contribution in [1.29, 1.82) is 0 Å². The maximum absolute atomic E-state index is 12.3. The van der Waals surface area contributed by atoms with Crippen molar-refractivity contribution >= 4 is 40.3 Å². The third-order valence-electron chi connectivity index (χ3n) is 3.62. The lowest BCUT2D eigenvalue weighted by molar-refractivity contribution is -0.143. The Balaban J connectivity index is 2.16. The van der Waals surface area contributed by atoms with Crippen LogP contribution >= 0.6 is 34.4 Å². The number of carbonyl (C=O) groups excluding carboxylic acids is 1. The maximum Gasteiger partial charge on any atom is 0.329 e. The number of esters is 1. The number of hydrogen-bond donors (Lipinski definition) is 0. The number of rotatable bonds is 3. The average molecular weight is 391 g/mol. The van der Waals surface area contributed by atoms with Crippen LogP contribution in [0.5, 0.6) is 0 Å². The fraction of sp³-hybridized carbons (Fsp3) is 0.538. The number of hydrogen-bond acceptors (Lipinski definition) is 4. The number of fused-ring (bicyclic) bond motifs is 1. The highest BCUT2D eigenvalue weighted by atomic mass is 127. The Morgan fingerprint density at radius 2 is 2.32 bits per heavy atom. The molecule has 2 aliphatic rings. The highest BCUT2D eigenvalue weighted by molar-refractivity contribution is 14.1. The molecule has 1 atom stereocenters. The summed E-state index contributed by atoms with van der Waals surface area (Å²) < 4.78 is 7.29. The van der Waals surface area contributed by atoms with Gasteiger partial charge in [0.2, 0.25) is 0 Å². The Morgan fingerprint density at radius 1 is 1.58 bits per heavy atom. The highest BCUT2D eigenvalue weighted by Crippen LogP contribution is 2.48. The monoisotopic (exact) mass is 391 g/mol. The molecule has 0 saturated heterocycles. The van der Waals surface area contributed by atoms with Gasteiger partial charge in [0.05, 0.1) is 12.1 Å². The van der Waals surface area contributed by atoms with E-state index in [9.17, 15) is 9.59 Å². The summed E-state index contributed by atoms with van der Waals surface area (Å²) in [5.41, 5.74) is 2.36. The largest absolute Gasteiger partial charge is 0.467 e. The van der Waals surface area contributed by atoms with E-state index in [0.29, 0.717) is 11.7 Å². The average Bonchev–Trinajstić information content (AvgIpc) is 3.15. The predicted octanol–water partition coefficient (Wildman–Crippen LogP) is 2.48. The van der Waals surface area contributed by atoms with Gasteiger partial charge in [-0.15, -0.1) is 11.8 Å². The first-order valence-electron chi connectivity index (χ1n) is 6.22. The predicted molar refractivity (Wildman–Crippen MR) is 82.2 cm³/mol. The lowest BCUT2D eigenvalue weighted by atomic mass is 10.1. The van der Waals surface area contributed by atoms with Crippen molar-refractivity contribution in [2.45, 2.75) is 34.3 Å². The van der Waals surface area contributed by atoms with Gasteiger partial charge in [0, 0.05) is 16.2 Å². The SMILES string of the molecule is COC(=O)[C@@H]1CSc2c(C3CC3)c(CI)cc(=O)n21. The lowest BCUT2D eigenvalue weighted by Gasteiger charge is -2.15. The van der Waals surface area contributed by atoms with Crippen LogP contribution in [0.15, 0.2) is 15.9 Å². The molecule has 0 aromatic carbocycles. The molecule has 1 fully saturated rings. The second-order valence-electron chi connectivity index (χ2n) is 4.85. The summed E-state index contributed by atoms with van der Waals surface area (Å²) in [6.45, 7) is 0. The number of carbonyl (C=O) groups is 1. The zero-order chi connectivity index (χ0) is 13.6. The van der Waals surface area contributed by atoms with E-state index >= 15 is 0 Å². The first-order chi connectivity index (χ1) is 9.17. The van der Waals surface area contributed by atoms with Gasteiger partial charge in [-0.1, -0.05) is 22.6 Å². The van der Waals surface area contributed by atoms with E-state index < -0.39 is 6.04 Å². The first-order valence-corrected chi connectivity index (χ1v) is 8.73. The van der Waals surface area contributed by atoms with E-state index in [2.05, 4.69) is 22.6 Å². The summed E-state index contributed by atoms with van der Waals surface area (Å²) in [5, 5.41) is 0.997. The van der Waals surface area contributed by atoms with Crippen LogP contribution in [0.1, 0.15) is 35.9 Å². The van der Waals surface area contributed by atoms with E-state index in [1.54, 1.807) is 22.4 Å². The highest BCUT2D eigenvalue weighted by Gasteiger charge is 2.37. The number of halogens is 1. The molecule has 1 saturated carbocycles. The van der Waals surface area contributed by atoms with Crippen molar-refractivity contribution in [3.05, 3.63) is 27.5 Å². The van der Waals surface area contributed by atoms with Crippen molar-refractivity contribution in [3.8, 4) is 0 Å². The zero-order valence-corrected chi connectivity index (χ0v) is 13.5. The van der Waals surface area contributed by atoms with Crippen molar-refractivity contribution < 1.29 is 9.53 Å². The van der Waals surface area contributed by atoms with Crippen LogP contribution in [0.3, 0.4) is 0 Å². The van der Waals surface area contributed by atoms with Crippen molar-refractivity contribution in [1.82, 2.24) is 4.57 Å². The summed E-state index contributed by atoms with van der Waals surface area (Å²) in [4.78, 5) is 24.0. The molecule has 1 aliphatic carbocycles. The van der Waals surface area contributed by atoms with Gasteiger partial charge < -0.3 is 4.74 Å². The van der Waals surface area contributed by atoms with Crippen molar-refractivity contribution in [2.24, 2.45) is 0 Å². The van der Waals surface area contributed by atoms with Crippen LogP contribution in [0.25, 0.3) is 0 Å². The Labute approximate surface area is 129 Å². The number of pyridine rings is 1. The normalized spacial score (nSPS) is 21.3. The molecule has 102 valence electrons. The molecule has 19 heavy (non-hydrogen) atoms. The molecular formula is C13H14INO3S. The molecular weight excluding hydrogens is 377 g/mol. The minimum atomic E-state index is -0.460. The maximum atomic E-state index is 12.3. The van der Waals surface area contributed by atoms with Gasteiger partial charge in [-0.2, -0.15) is 0 Å². The van der Waals surface area contributed by atoms with Crippen LogP contribution in [0, 0.1) is 0 Å². The van der Waals surface area contributed by atoms with Crippen LogP contribution < -0.4 is 5.56 Å². The van der Waals surface area contributed by atoms with Gasteiger partial charge >= 0.3 is 5.97 Å². The molecule has 1 aromatic heterocycles. The van der Waals surface area contributed by atoms with Crippen LogP contribution in [-0.4, -0.2) is 23.4 Å². The van der Waals surface area contributed by atoms with Gasteiger partial charge in [0.25, 0.3) is 5.56 Å². The molecule has 1 aliphatic heterocycles. The molecule has 3 rings (SSSR count). The number of ether oxygens (including phenoxy) is 1. The smallest absolute Gasteiger partial charge is 0.329 e. The molecule has 0 bridgehead atoms. The van der Waals surface area contributed by atoms with Crippen LogP contribution in [-0.2, 0) is 14.0 Å². The van der Waals surface area contributed by atoms with E-state index in [0.717, 1.165) is 15.0 Å². The minimum Gasteiger partial charge on any atom is -0.467 e. The number of methoxy groups -OCH3 is 1. The molecule has 4 nitrogen and oxygen atoms in total. The lowest BCUT2D eigenvalue weighted by Crippen LogP contribution is -2.30. The van der Waals surface area contributed by atoms with Gasteiger partial charge in [-0.25, -0.2) is 4.79 Å². The Bertz CT molecular complexity index is 594. The summed E-state index contributed by atoms with van der Waals surface area (Å²) in [6, 6.07) is 1.24. The first kappa shape index (κ1) is 13.5. The van der Waals surface area contributed by atoms with Gasteiger partial charge in [0.15, 0.2) is 0 Å². The molecule has 0 radical (unpaired) electrons. The summed E-state index contributed by atoms with van der Waals surface area (Å²) in [7, 11) is 1.37. The number of thioether (sulfide) groups is 1. The second kappa shape index (κ2) is 5.12. The fourth-order valence-electron chi connectivity index (χ4n) is 2.57. The second-order valence-corrected chi connectivity index (χ2v) is 6.63. The summed E-state index contributed by atoms with van der Waals surface area (Å²) in [5.74, 6) is 0.861. The molecule has 2 heterocycles. The van der Waals surface area contributed by atoms with Gasteiger partial charge in [0.1, 0.15) is 6.04 Å². The van der Waals surface area contributed by atoms with Crippen molar-refractivity contribution in [2.75, 3.05) is 12.9 Å². The van der Waals surface area contributed by atoms with Gasteiger partial charge in [-0.3, -0.25) is 9.36 Å². The van der Waals surface area contributed by atoms with E-state index in [1.807, 2.05) is 0 Å². The van der Waals surface area contributed by atoms with E-state index in [-0.39, 0.29) is 11.5 Å². The van der Waals surface area contributed by atoms with Crippen LogP contribution in [0.4, 0.5) is 0 Å². The Kier molecular flexibility index (Phi) is 3.63. The van der Waals surface area contributed by atoms with Crippen molar-refractivity contribution in [3.63, 3.8) is 0 Å². The fourth-order valence-corrected chi connectivity index (χ4v) is 4.61. The summed E-state index contributed by atoms with van der Waals surface area (Å²) in [6.07, 6.45) is 2.39. The standard InChI is InChI=1S/C13H14INO3S/c1-18-13(17)9-6-19-12-11(7-2-3-7)8(5-14)4-10(16)15(9)12/h4,7,9H,2-3,5-6H2,1H3/t9-/m0/s1. The third kappa shape index (κ3) is 2.22. The summed E-state index contributed by atoms with van der Waals surface area (Å²) >= 11 is 3.92. The van der Waals surface area contributed by atoms with Crippen LogP contribution in [0.2, 0.25) is 0 Å². The Morgan fingerprint density at radius 3 is 2.89 bits per heavy atom. The molecule has 0 amide bonds. The van der Waals surface area contributed by atoms with E-state index in [4.69, 9.17) is 4.74 Å². The number of aromatic nitrogens is 1. The molecule has 6 heteroatoms. The zero-order valence-electron chi connectivity index (χ0n) is 10.5. The Hall–Kier alpha value is -0.500. The number of alkyl halides is 1. The number of nitrogens with zero attached hydrogens (tertiary/aromatic N) is 1. The minimum absolute atomic E-state index is 0.0773. The third-order valence-corrected chi connectivity index (χ3v) is 5.62. The molecule has 0 unspecified atom stereocenters. The quantitative estimate of drug-likeness (QED) is 0.451.